The molecule has 0 aliphatic carbocycles. The molecule has 0 amide bonds. The van der Waals surface area contributed by atoms with Crippen LogP contribution in [0.4, 0.5) is 0 Å². The lowest BCUT2D eigenvalue weighted by atomic mass is 10.4. The van der Waals surface area contributed by atoms with Gasteiger partial charge in [-0.25, -0.2) is 0 Å². The summed E-state index contributed by atoms with van der Waals surface area (Å²) >= 11 is 0. The quantitative estimate of drug-likeness (QED) is 0.404. The van der Waals surface area contributed by atoms with E-state index in [4.69, 9.17) is 4.74 Å². The third-order valence-corrected chi connectivity index (χ3v) is 1.39. The molecule has 2 saturated heterocycles. The van der Waals surface area contributed by atoms with Crippen molar-refractivity contribution in [2.24, 2.45) is 0 Å². The highest BCUT2D eigenvalue weighted by Gasteiger charge is 2.30. The highest BCUT2D eigenvalue weighted by molar-refractivity contribution is 4.80. The van der Waals surface area contributed by atoms with Crippen LogP contribution >= 0.6 is 0 Å². The van der Waals surface area contributed by atoms with Crippen LogP contribution in [0.3, 0.4) is 0 Å². The predicted octanol–water partition coefficient (Wildman–Crippen LogP) is -1.14. The second kappa shape index (κ2) is 1.18. The molecule has 0 radical (unpaired) electrons. The average molecular weight is 100 g/mol. The maximum absolute atomic E-state index is 5.25. The summed E-state index contributed by atoms with van der Waals surface area (Å²) in [6.45, 7) is 1.95. The molecule has 0 aromatic rings. The fraction of sp³-hybridized carbons (Fsp3) is 1.00. The minimum absolute atomic E-state index is 0.310. The molecule has 2 bridgehead atoms. The van der Waals surface area contributed by atoms with Gasteiger partial charge in [0.2, 0.25) is 0 Å². The second-order valence-corrected chi connectivity index (χ2v) is 1.93. The van der Waals surface area contributed by atoms with Crippen LogP contribution in [-0.4, -0.2) is 25.5 Å². The Morgan fingerprint density at radius 1 is 1.14 bits per heavy atom. The van der Waals surface area contributed by atoms with Crippen LogP contribution in [0.5, 0.6) is 0 Å². The summed E-state index contributed by atoms with van der Waals surface area (Å²) in [5, 5.41) is 6.34. The van der Waals surface area contributed by atoms with E-state index in [1.807, 2.05) is 0 Å². The molecule has 2 unspecified atom stereocenters. The monoisotopic (exact) mass is 100 g/mol. The van der Waals surface area contributed by atoms with Crippen molar-refractivity contribution in [2.75, 3.05) is 13.1 Å². The zero-order valence-corrected chi connectivity index (χ0v) is 3.98. The molecule has 0 saturated carbocycles. The largest absolute Gasteiger partial charge is 0.343 e. The van der Waals surface area contributed by atoms with Crippen molar-refractivity contribution >= 4 is 0 Å². The summed E-state index contributed by atoms with van der Waals surface area (Å²) in [6, 6.07) is 0. The lowest BCUT2D eigenvalue weighted by Crippen LogP contribution is -2.39. The maximum atomic E-state index is 5.25. The summed E-state index contributed by atoms with van der Waals surface area (Å²) in [5.41, 5.74) is 0. The van der Waals surface area contributed by atoms with Gasteiger partial charge in [0, 0.05) is 13.1 Å². The van der Waals surface area contributed by atoms with E-state index in [0.717, 1.165) is 13.1 Å². The van der Waals surface area contributed by atoms with E-state index in [1.54, 1.807) is 0 Å². The zero-order chi connectivity index (χ0) is 4.69. The number of ether oxygens (including phenoxy) is 1. The van der Waals surface area contributed by atoms with Gasteiger partial charge in [0.05, 0.1) is 0 Å². The van der Waals surface area contributed by atoms with Gasteiger partial charge in [0.25, 0.3) is 0 Å². The van der Waals surface area contributed by atoms with Crippen LogP contribution in [-0.2, 0) is 4.74 Å². The van der Waals surface area contributed by atoms with E-state index >= 15 is 0 Å². The minimum atomic E-state index is 0.310. The lowest BCUT2D eigenvalue weighted by molar-refractivity contribution is 0.0992. The Kier molecular flexibility index (Phi) is 0.647. The first-order valence-corrected chi connectivity index (χ1v) is 2.57. The molecule has 2 aliphatic rings. The van der Waals surface area contributed by atoms with Gasteiger partial charge in [0.1, 0.15) is 12.5 Å². The predicted molar refractivity (Wildman–Crippen MR) is 24.7 cm³/mol. The lowest BCUT2D eigenvalue weighted by Gasteiger charge is -2.05. The third-order valence-electron chi connectivity index (χ3n) is 1.39. The molecule has 2 fully saturated rings. The molecule has 40 valence electrons. The Labute approximate surface area is 42.0 Å². The number of fused-ring (bicyclic) bond motifs is 2. The summed E-state index contributed by atoms with van der Waals surface area (Å²) < 4.78 is 5.25. The summed E-state index contributed by atoms with van der Waals surface area (Å²) in [5.74, 6) is 0. The topological polar surface area (TPSA) is 33.3 Å². The number of hydrogen-bond donors (Lipinski definition) is 2. The van der Waals surface area contributed by atoms with E-state index in [2.05, 4.69) is 10.6 Å². The first-order valence-electron chi connectivity index (χ1n) is 2.57. The van der Waals surface area contributed by atoms with E-state index in [1.165, 1.54) is 0 Å². The van der Waals surface area contributed by atoms with Crippen LogP contribution in [0, 0.1) is 0 Å². The smallest absolute Gasteiger partial charge is 0.123 e. The number of hydrogen-bond acceptors (Lipinski definition) is 3. The van der Waals surface area contributed by atoms with E-state index in [0.29, 0.717) is 12.5 Å². The average Bonchev–Trinajstić information content (AvgIpc) is 2.22. The highest BCUT2D eigenvalue weighted by atomic mass is 16.5. The molecule has 2 rings (SSSR count). The molecule has 2 N–H and O–H groups in total. The standard InChI is InChI=1S/C4H8N2O/c1-3-6-2-4(5-1)7-3/h3-6H,1-2H2. The molecule has 3 nitrogen and oxygen atoms in total. The van der Waals surface area contributed by atoms with Gasteiger partial charge in [-0.1, -0.05) is 0 Å². The van der Waals surface area contributed by atoms with Gasteiger partial charge in [-0.3, -0.25) is 10.6 Å². The summed E-state index contributed by atoms with van der Waals surface area (Å²) in [7, 11) is 0. The fourth-order valence-corrected chi connectivity index (χ4v) is 1.01. The molecular formula is C4H8N2O. The van der Waals surface area contributed by atoms with Gasteiger partial charge in [-0.2, -0.15) is 0 Å². The Morgan fingerprint density at radius 3 is 1.86 bits per heavy atom. The van der Waals surface area contributed by atoms with Gasteiger partial charge in [0.15, 0.2) is 0 Å². The summed E-state index contributed by atoms with van der Waals surface area (Å²) in [6.07, 6.45) is 0.620. The molecule has 0 spiro atoms. The van der Waals surface area contributed by atoms with Crippen LogP contribution in [0.15, 0.2) is 0 Å². The molecular weight excluding hydrogens is 92.1 g/mol. The van der Waals surface area contributed by atoms with Crippen LogP contribution in [0.2, 0.25) is 0 Å². The molecule has 0 aromatic carbocycles. The fourth-order valence-electron chi connectivity index (χ4n) is 1.01. The van der Waals surface area contributed by atoms with Crippen molar-refractivity contribution in [1.29, 1.82) is 0 Å². The second-order valence-electron chi connectivity index (χ2n) is 1.93. The van der Waals surface area contributed by atoms with Crippen molar-refractivity contribution < 1.29 is 4.74 Å². The van der Waals surface area contributed by atoms with Crippen LogP contribution in [0.1, 0.15) is 0 Å². The Balaban J connectivity index is 2.12. The van der Waals surface area contributed by atoms with E-state index in [9.17, 15) is 0 Å². The van der Waals surface area contributed by atoms with Gasteiger partial charge in [-0.05, 0) is 0 Å². The van der Waals surface area contributed by atoms with Gasteiger partial charge >= 0.3 is 0 Å². The molecule has 2 aliphatic heterocycles. The molecule has 7 heavy (non-hydrogen) atoms. The van der Waals surface area contributed by atoms with Crippen molar-refractivity contribution in [3.05, 3.63) is 0 Å². The SMILES string of the molecule is C1NC2CNC1O2. The number of nitrogens with one attached hydrogen (secondary N) is 2. The molecule has 3 heteroatoms. The van der Waals surface area contributed by atoms with Gasteiger partial charge < -0.3 is 4.74 Å². The number of piperazine rings is 1. The van der Waals surface area contributed by atoms with Crippen LogP contribution < -0.4 is 10.6 Å². The highest BCUT2D eigenvalue weighted by Crippen LogP contribution is 2.07. The van der Waals surface area contributed by atoms with Crippen molar-refractivity contribution in [2.45, 2.75) is 12.5 Å². The minimum Gasteiger partial charge on any atom is -0.343 e. The normalized spacial score (nSPS) is 48.0. The van der Waals surface area contributed by atoms with Gasteiger partial charge in [-0.15, -0.1) is 0 Å². The molecule has 0 aromatic heterocycles. The number of rotatable bonds is 0. The van der Waals surface area contributed by atoms with Crippen molar-refractivity contribution in [3.8, 4) is 0 Å². The van der Waals surface area contributed by atoms with E-state index in [-0.39, 0.29) is 0 Å². The Hall–Kier alpha value is -0.120. The third kappa shape index (κ3) is 0.459. The zero-order valence-electron chi connectivity index (χ0n) is 3.98. The molecule has 2 atom stereocenters. The van der Waals surface area contributed by atoms with Crippen LogP contribution in [0.25, 0.3) is 0 Å². The Bertz CT molecular complexity index is 67.8. The first kappa shape index (κ1) is 3.83. The van der Waals surface area contributed by atoms with Crippen molar-refractivity contribution in [3.63, 3.8) is 0 Å². The summed E-state index contributed by atoms with van der Waals surface area (Å²) in [4.78, 5) is 0. The van der Waals surface area contributed by atoms with Crippen molar-refractivity contribution in [1.82, 2.24) is 10.6 Å². The maximum Gasteiger partial charge on any atom is 0.123 e. The first-order chi connectivity index (χ1) is 3.45. The Morgan fingerprint density at radius 2 is 1.71 bits per heavy atom. The van der Waals surface area contributed by atoms with E-state index < -0.39 is 0 Å². The molecule has 2 heterocycles.